The lowest BCUT2D eigenvalue weighted by Gasteiger charge is -2.56. The average Bonchev–Trinajstić information content (AvgIpc) is 3.15. The Kier molecular flexibility index (Phi) is 3.57. The van der Waals surface area contributed by atoms with Gasteiger partial charge in [-0.05, 0) is 74.3 Å². The highest BCUT2D eigenvalue weighted by Crippen LogP contribution is 2.67. The highest BCUT2D eigenvalue weighted by Gasteiger charge is 2.65. The minimum absolute atomic E-state index is 0.00252. The normalized spacial score (nSPS) is 49.5. The van der Waals surface area contributed by atoms with E-state index in [1.165, 1.54) is 5.57 Å². The van der Waals surface area contributed by atoms with Gasteiger partial charge < -0.3 is 9.84 Å². The molecule has 4 heteroatoms. The van der Waals surface area contributed by atoms with Gasteiger partial charge in [-0.3, -0.25) is 4.79 Å². The summed E-state index contributed by atoms with van der Waals surface area (Å²) in [6, 6.07) is 0. The SMILES string of the molecule is C[C@]12CCC3C(CC(CO)C4=CC(=O)CC[C@@H]43)C1CC[C@@]21C=CC(=O)O1. The fourth-order valence-electron chi connectivity index (χ4n) is 7.44. The predicted octanol–water partition coefficient (Wildman–Crippen LogP) is 3.20. The molecule has 4 aliphatic carbocycles. The fourth-order valence-corrected chi connectivity index (χ4v) is 7.44. The van der Waals surface area contributed by atoms with Crippen molar-refractivity contribution in [3.05, 3.63) is 23.8 Å². The minimum Gasteiger partial charge on any atom is -0.451 e. The number of ether oxygens (including phenoxy) is 1. The van der Waals surface area contributed by atoms with Crippen molar-refractivity contribution in [1.29, 1.82) is 0 Å². The summed E-state index contributed by atoms with van der Waals surface area (Å²) >= 11 is 0. The van der Waals surface area contributed by atoms with Crippen molar-refractivity contribution in [2.24, 2.45) is 35.0 Å². The van der Waals surface area contributed by atoms with Crippen LogP contribution in [-0.4, -0.2) is 29.1 Å². The monoisotopic (exact) mass is 356 g/mol. The van der Waals surface area contributed by atoms with Gasteiger partial charge in [-0.15, -0.1) is 0 Å². The molecule has 3 fully saturated rings. The van der Waals surface area contributed by atoms with Crippen molar-refractivity contribution < 1.29 is 19.4 Å². The number of hydrogen-bond donors (Lipinski definition) is 1. The summed E-state index contributed by atoms with van der Waals surface area (Å²) in [6.07, 6.45) is 12.3. The van der Waals surface area contributed by atoms with Crippen LogP contribution in [0.5, 0.6) is 0 Å². The Morgan fingerprint density at radius 2 is 2.04 bits per heavy atom. The maximum atomic E-state index is 12.0. The lowest BCUT2D eigenvalue weighted by atomic mass is 9.49. The van der Waals surface area contributed by atoms with Crippen LogP contribution >= 0.6 is 0 Å². The number of hydrogen-bond acceptors (Lipinski definition) is 4. The van der Waals surface area contributed by atoms with Crippen molar-refractivity contribution in [2.45, 2.75) is 57.5 Å². The van der Waals surface area contributed by atoms with Gasteiger partial charge in [0.05, 0.1) is 0 Å². The number of esters is 1. The van der Waals surface area contributed by atoms with Crippen LogP contribution in [0.2, 0.25) is 0 Å². The van der Waals surface area contributed by atoms with Gasteiger partial charge in [0.2, 0.25) is 0 Å². The molecule has 1 aliphatic heterocycles. The topological polar surface area (TPSA) is 63.6 Å². The van der Waals surface area contributed by atoms with Crippen LogP contribution in [0.15, 0.2) is 23.8 Å². The Balaban J connectivity index is 1.50. The van der Waals surface area contributed by atoms with E-state index in [2.05, 4.69) is 6.92 Å². The molecule has 0 bridgehead atoms. The summed E-state index contributed by atoms with van der Waals surface area (Å²) < 4.78 is 5.88. The molecule has 0 aromatic rings. The fraction of sp³-hybridized carbons (Fsp3) is 0.727. The smallest absolute Gasteiger partial charge is 0.331 e. The van der Waals surface area contributed by atoms with Crippen LogP contribution in [0.25, 0.3) is 0 Å². The molecule has 0 saturated heterocycles. The zero-order chi connectivity index (χ0) is 18.1. The molecule has 4 unspecified atom stereocenters. The van der Waals surface area contributed by atoms with Crippen LogP contribution in [0.4, 0.5) is 0 Å². The van der Waals surface area contributed by atoms with Crippen molar-refractivity contribution in [2.75, 3.05) is 6.61 Å². The molecule has 26 heavy (non-hydrogen) atoms. The van der Waals surface area contributed by atoms with E-state index in [1.54, 1.807) is 6.08 Å². The zero-order valence-electron chi connectivity index (χ0n) is 15.4. The van der Waals surface area contributed by atoms with Crippen molar-refractivity contribution in [3.63, 3.8) is 0 Å². The Labute approximate surface area is 154 Å². The third-order valence-corrected chi connectivity index (χ3v) is 8.67. The summed E-state index contributed by atoms with van der Waals surface area (Å²) in [7, 11) is 0. The molecule has 4 nitrogen and oxygen atoms in total. The number of ketones is 1. The second kappa shape index (κ2) is 5.54. The summed E-state index contributed by atoms with van der Waals surface area (Å²) in [5, 5.41) is 10.0. The molecular weight excluding hydrogens is 328 g/mol. The summed E-state index contributed by atoms with van der Waals surface area (Å²) in [5.74, 6) is 2.35. The van der Waals surface area contributed by atoms with Gasteiger partial charge in [0.25, 0.3) is 0 Å². The van der Waals surface area contributed by atoms with E-state index in [1.807, 2.05) is 12.2 Å². The van der Waals surface area contributed by atoms with Gasteiger partial charge in [0.1, 0.15) is 5.60 Å². The first-order chi connectivity index (χ1) is 12.5. The van der Waals surface area contributed by atoms with Crippen LogP contribution in [0, 0.1) is 35.0 Å². The lowest BCUT2D eigenvalue weighted by Crippen LogP contribution is -2.53. The summed E-state index contributed by atoms with van der Waals surface area (Å²) in [4.78, 5) is 23.8. The van der Waals surface area contributed by atoms with Gasteiger partial charge in [0.15, 0.2) is 5.78 Å². The second-order valence-electron chi connectivity index (χ2n) is 9.44. The maximum Gasteiger partial charge on any atom is 0.331 e. The number of carbonyl (C=O) groups is 2. The van der Waals surface area contributed by atoms with Crippen molar-refractivity contribution >= 4 is 11.8 Å². The molecule has 7 atom stereocenters. The summed E-state index contributed by atoms with van der Waals surface area (Å²) in [6.45, 7) is 2.47. The quantitative estimate of drug-likeness (QED) is 0.733. The van der Waals surface area contributed by atoms with E-state index >= 15 is 0 Å². The minimum atomic E-state index is -0.410. The van der Waals surface area contributed by atoms with Gasteiger partial charge in [-0.25, -0.2) is 4.79 Å². The first kappa shape index (κ1) is 16.7. The molecule has 3 saturated carbocycles. The standard InChI is InChI=1S/C22H28O4/c1-21-7-4-16-15-3-2-14(24)11-17(15)13(12-23)10-18(16)19(21)5-8-22(21)9-6-20(25)26-22/h6,9,11,13,15-16,18-19,23H,2-5,7-8,10,12H2,1H3/t13?,15-,16?,18?,19?,21+,22-/m1/s1. The molecule has 1 spiro atoms. The zero-order valence-corrected chi connectivity index (χ0v) is 15.4. The highest BCUT2D eigenvalue weighted by atomic mass is 16.6. The van der Waals surface area contributed by atoms with Crippen LogP contribution < -0.4 is 0 Å². The number of aliphatic hydroxyl groups excluding tert-OH is 1. The second-order valence-corrected chi connectivity index (χ2v) is 9.44. The number of rotatable bonds is 1. The van der Waals surface area contributed by atoms with E-state index in [-0.39, 0.29) is 29.7 Å². The number of aliphatic hydroxyl groups is 1. The molecule has 0 amide bonds. The molecule has 5 aliphatic rings. The lowest BCUT2D eigenvalue weighted by molar-refractivity contribution is -0.161. The molecule has 5 rings (SSSR count). The van der Waals surface area contributed by atoms with Crippen LogP contribution in [0.3, 0.4) is 0 Å². The molecule has 1 N–H and O–H groups in total. The summed E-state index contributed by atoms with van der Waals surface area (Å²) in [5.41, 5.74) is 0.823. The Morgan fingerprint density at radius 3 is 2.77 bits per heavy atom. The van der Waals surface area contributed by atoms with E-state index in [0.29, 0.717) is 30.1 Å². The number of fused-ring (bicyclic) bond motifs is 6. The van der Waals surface area contributed by atoms with Crippen LogP contribution in [0.1, 0.15) is 51.9 Å². The number of carbonyl (C=O) groups excluding carboxylic acids is 2. The molecular formula is C22H28O4. The predicted molar refractivity (Wildman–Crippen MR) is 96.0 cm³/mol. The molecule has 0 aromatic carbocycles. The first-order valence-corrected chi connectivity index (χ1v) is 10.2. The van der Waals surface area contributed by atoms with Gasteiger partial charge >= 0.3 is 5.97 Å². The first-order valence-electron chi connectivity index (χ1n) is 10.2. The maximum absolute atomic E-state index is 12.0. The largest absolute Gasteiger partial charge is 0.451 e. The molecule has 0 radical (unpaired) electrons. The third-order valence-electron chi connectivity index (χ3n) is 8.67. The van der Waals surface area contributed by atoms with E-state index < -0.39 is 5.60 Å². The third kappa shape index (κ3) is 2.05. The van der Waals surface area contributed by atoms with Gasteiger partial charge in [-0.1, -0.05) is 12.5 Å². The Bertz CT molecular complexity index is 722. The Hall–Kier alpha value is -1.42. The average molecular weight is 356 g/mol. The van der Waals surface area contributed by atoms with E-state index in [0.717, 1.165) is 38.5 Å². The Morgan fingerprint density at radius 1 is 1.19 bits per heavy atom. The van der Waals surface area contributed by atoms with E-state index in [4.69, 9.17) is 4.74 Å². The van der Waals surface area contributed by atoms with Crippen LogP contribution in [-0.2, 0) is 14.3 Å². The van der Waals surface area contributed by atoms with Crippen molar-refractivity contribution in [1.82, 2.24) is 0 Å². The van der Waals surface area contributed by atoms with Gasteiger partial charge in [0, 0.05) is 30.4 Å². The van der Waals surface area contributed by atoms with Crippen molar-refractivity contribution in [3.8, 4) is 0 Å². The van der Waals surface area contributed by atoms with Gasteiger partial charge in [-0.2, -0.15) is 0 Å². The molecule has 0 aromatic heterocycles. The highest BCUT2D eigenvalue weighted by molar-refractivity contribution is 5.91. The molecule has 1 heterocycles. The van der Waals surface area contributed by atoms with E-state index in [9.17, 15) is 14.7 Å². The molecule has 140 valence electrons.